The summed E-state index contributed by atoms with van der Waals surface area (Å²) in [6.45, 7) is 3.66. The Morgan fingerprint density at radius 3 is 2.96 bits per heavy atom. The number of aryl methyl sites for hydroxylation is 1. The number of carbonyl (C=O) groups excluding carboxylic acids is 2. The van der Waals surface area contributed by atoms with Gasteiger partial charge in [-0.05, 0) is 25.3 Å². The predicted octanol–water partition coefficient (Wildman–Crippen LogP) is 1.47. The zero-order valence-electron chi connectivity index (χ0n) is 16.2. The van der Waals surface area contributed by atoms with E-state index in [-0.39, 0.29) is 17.2 Å². The molecule has 0 bridgehead atoms. The first-order valence-corrected chi connectivity index (χ1v) is 10.1. The van der Waals surface area contributed by atoms with Crippen LogP contribution in [0.15, 0.2) is 31.0 Å². The van der Waals surface area contributed by atoms with Gasteiger partial charge < -0.3 is 14.8 Å². The quantitative estimate of drug-likeness (QED) is 0.817. The second-order valence-electron chi connectivity index (χ2n) is 8.08. The Hall–Kier alpha value is -2.64. The number of hydrogen-bond donors (Lipinski definition) is 1. The number of H-pyrrole nitrogens is 1. The molecule has 2 aliphatic heterocycles. The van der Waals surface area contributed by atoms with Crippen molar-refractivity contribution in [3.63, 3.8) is 0 Å². The third-order valence-electron chi connectivity index (χ3n) is 6.08. The number of carbonyl (C=O) groups is 2. The summed E-state index contributed by atoms with van der Waals surface area (Å²) in [5.74, 6) is 0.419. The molecule has 1 spiro atoms. The standard InChI is InChI=1S/C20H28N6O2/c27-18-3-7-20(15-25(18)11-4-17-13-21-16-22-17)6-1-9-24(14-20)19(28)5-12-26-10-2-8-23-26/h2,8,10,13,16H,1,3-7,9,11-12,14-15H2,(H,21,22). The molecule has 0 radical (unpaired) electrons. The van der Waals surface area contributed by atoms with Gasteiger partial charge in [0.2, 0.25) is 11.8 Å². The Morgan fingerprint density at radius 1 is 1.25 bits per heavy atom. The number of aromatic nitrogens is 4. The van der Waals surface area contributed by atoms with E-state index in [1.165, 1.54) is 0 Å². The molecular weight excluding hydrogens is 356 g/mol. The summed E-state index contributed by atoms with van der Waals surface area (Å²) in [6, 6.07) is 1.87. The van der Waals surface area contributed by atoms with Crippen LogP contribution in [0, 0.1) is 5.41 Å². The second kappa shape index (κ2) is 8.16. The fourth-order valence-corrected chi connectivity index (χ4v) is 4.54. The van der Waals surface area contributed by atoms with Crippen LogP contribution < -0.4 is 0 Å². The van der Waals surface area contributed by atoms with Crippen LogP contribution >= 0.6 is 0 Å². The third-order valence-corrected chi connectivity index (χ3v) is 6.08. The Kier molecular flexibility index (Phi) is 5.45. The molecule has 1 unspecified atom stereocenters. The maximum Gasteiger partial charge on any atom is 0.224 e. The first-order chi connectivity index (χ1) is 13.6. The van der Waals surface area contributed by atoms with Gasteiger partial charge in [-0.3, -0.25) is 14.3 Å². The molecule has 4 rings (SSSR count). The number of aromatic amines is 1. The minimum Gasteiger partial charge on any atom is -0.348 e. The van der Waals surface area contributed by atoms with Gasteiger partial charge in [0.15, 0.2) is 0 Å². The van der Waals surface area contributed by atoms with Crippen LogP contribution in [0.25, 0.3) is 0 Å². The number of rotatable bonds is 6. The molecule has 1 atom stereocenters. The zero-order chi connectivity index (χ0) is 19.4. The molecule has 0 saturated carbocycles. The maximum absolute atomic E-state index is 12.7. The highest BCUT2D eigenvalue weighted by atomic mass is 16.2. The van der Waals surface area contributed by atoms with E-state index in [0.29, 0.717) is 25.9 Å². The van der Waals surface area contributed by atoms with Gasteiger partial charge >= 0.3 is 0 Å². The van der Waals surface area contributed by atoms with Gasteiger partial charge in [0.1, 0.15) is 0 Å². The Morgan fingerprint density at radius 2 is 2.18 bits per heavy atom. The predicted molar refractivity (Wildman–Crippen MR) is 103 cm³/mol. The molecule has 2 fully saturated rings. The molecule has 1 N–H and O–H groups in total. The Bertz CT molecular complexity index is 788. The molecule has 2 saturated heterocycles. The molecule has 2 amide bonds. The Labute approximate surface area is 164 Å². The molecule has 0 aliphatic carbocycles. The molecule has 2 aromatic heterocycles. The average Bonchev–Trinajstić information content (AvgIpc) is 3.41. The molecule has 4 heterocycles. The van der Waals surface area contributed by atoms with Crippen LogP contribution in [0.2, 0.25) is 0 Å². The highest BCUT2D eigenvalue weighted by Gasteiger charge is 2.42. The second-order valence-corrected chi connectivity index (χ2v) is 8.08. The maximum atomic E-state index is 12.7. The lowest BCUT2D eigenvalue weighted by Gasteiger charge is -2.48. The highest BCUT2D eigenvalue weighted by Crippen LogP contribution is 2.39. The van der Waals surface area contributed by atoms with Crippen molar-refractivity contribution in [1.29, 1.82) is 0 Å². The van der Waals surface area contributed by atoms with Crippen LogP contribution in [0.5, 0.6) is 0 Å². The van der Waals surface area contributed by atoms with Crippen LogP contribution in [-0.2, 0) is 22.6 Å². The molecule has 0 aromatic carbocycles. The number of amides is 2. The van der Waals surface area contributed by atoms with Crippen molar-refractivity contribution in [2.45, 2.75) is 45.1 Å². The number of nitrogens with zero attached hydrogens (tertiary/aromatic N) is 5. The molecule has 2 aliphatic rings. The lowest BCUT2D eigenvalue weighted by atomic mass is 9.73. The van der Waals surface area contributed by atoms with E-state index in [4.69, 9.17) is 0 Å². The van der Waals surface area contributed by atoms with Gasteiger partial charge in [0.25, 0.3) is 0 Å². The van der Waals surface area contributed by atoms with E-state index in [1.807, 2.05) is 28.3 Å². The molecular formula is C20H28N6O2. The summed E-state index contributed by atoms with van der Waals surface area (Å²) in [5.41, 5.74) is 1.09. The SMILES string of the molecule is O=C(CCn1cccn1)N1CCCC2(CCC(=O)N(CCc3cnc[nH]3)C2)C1. The van der Waals surface area contributed by atoms with Crippen LogP contribution in [0.3, 0.4) is 0 Å². The van der Waals surface area contributed by atoms with Crippen molar-refractivity contribution in [3.8, 4) is 0 Å². The van der Waals surface area contributed by atoms with E-state index in [9.17, 15) is 9.59 Å². The van der Waals surface area contributed by atoms with Gasteiger partial charge in [-0.25, -0.2) is 4.98 Å². The van der Waals surface area contributed by atoms with Gasteiger partial charge in [-0.15, -0.1) is 0 Å². The summed E-state index contributed by atoms with van der Waals surface area (Å²) < 4.78 is 1.80. The van der Waals surface area contributed by atoms with Gasteiger partial charge in [0, 0.05) is 81.7 Å². The van der Waals surface area contributed by atoms with Gasteiger partial charge in [0.05, 0.1) is 6.33 Å². The first-order valence-electron chi connectivity index (χ1n) is 10.1. The summed E-state index contributed by atoms with van der Waals surface area (Å²) in [6.07, 6.45) is 11.9. The number of nitrogens with one attached hydrogen (secondary N) is 1. The van der Waals surface area contributed by atoms with Gasteiger partial charge in [-0.2, -0.15) is 5.10 Å². The smallest absolute Gasteiger partial charge is 0.224 e. The van der Waals surface area contributed by atoms with E-state index < -0.39 is 0 Å². The lowest BCUT2D eigenvalue weighted by molar-refractivity contribution is -0.143. The van der Waals surface area contributed by atoms with Crippen molar-refractivity contribution in [2.24, 2.45) is 5.41 Å². The van der Waals surface area contributed by atoms with E-state index in [1.54, 1.807) is 17.2 Å². The molecule has 8 nitrogen and oxygen atoms in total. The lowest BCUT2D eigenvalue weighted by Crippen LogP contribution is -2.55. The minimum atomic E-state index is 0.0432. The molecule has 28 heavy (non-hydrogen) atoms. The van der Waals surface area contributed by atoms with E-state index >= 15 is 0 Å². The van der Waals surface area contributed by atoms with E-state index in [2.05, 4.69) is 15.1 Å². The number of hydrogen-bond acceptors (Lipinski definition) is 4. The fourth-order valence-electron chi connectivity index (χ4n) is 4.54. The number of imidazole rings is 1. The Balaban J connectivity index is 1.34. The van der Waals surface area contributed by atoms with Crippen LogP contribution in [0.1, 0.15) is 37.8 Å². The molecule has 2 aromatic rings. The van der Waals surface area contributed by atoms with Crippen molar-refractivity contribution in [3.05, 3.63) is 36.7 Å². The zero-order valence-corrected chi connectivity index (χ0v) is 16.2. The fraction of sp³-hybridized carbons (Fsp3) is 0.600. The largest absolute Gasteiger partial charge is 0.348 e. The monoisotopic (exact) mass is 384 g/mol. The molecule has 150 valence electrons. The highest BCUT2D eigenvalue weighted by molar-refractivity contribution is 5.78. The normalized spacial score (nSPS) is 22.8. The summed E-state index contributed by atoms with van der Waals surface area (Å²) in [5, 5.41) is 4.17. The van der Waals surface area contributed by atoms with Crippen molar-refractivity contribution < 1.29 is 9.59 Å². The van der Waals surface area contributed by atoms with Crippen LogP contribution in [0.4, 0.5) is 0 Å². The van der Waals surface area contributed by atoms with E-state index in [0.717, 1.165) is 51.0 Å². The number of likely N-dealkylation sites (tertiary alicyclic amines) is 2. The van der Waals surface area contributed by atoms with Crippen molar-refractivity contribution in [2.75, 3.05) is 26.2 Å². The van der Waals surface area contributed by atoms with Crippen molar-refractivity contribution in [1.82, 2.24) is 29.5 Å². The van der Waals surface area contributed by atoms with Crippen LogP contribution in [-0.4, -0.2) is 67.5 Å². The first kappa shape index (κ1) is 18.7. The summed E-state index contributed by atoms with van der Waals surface area (Å²) in [7, 11) is 0. The summed E-state index contributed by atoms with van der Waals surface area (Å²) in [4.78, 5) is 36.3. The van der Waals surface area contributed by atoms with Crippen molar-refractivity contribution >= 4 is 11.8 Å². The topological polar surface area (TPSA) is 87.1 Å². The van der Waals surface area contributed by atoms with Gasteiger partial charge in [-0.1, -0.05) is 0 Å². The minimum absolute atomic E-state index is 0.0432. The third kappa shape index (κ3) is 4.26. The average molecular weight is 384 g/mol. The summed E-state index contributed by atoms with van der Waals surface area (Å²) >= 11 is 0. The molecule has 8 heteroatoms. The number of piperidine rings is 2.